The Balaban J connectivity index is 2.25. The Labute approximate surface area is 139 Å². The van der Waals surface area contributed by atoms with Crippen LogP contribution in [0.1, 0.15) is 0 Å². The molecule has 0 aromatic heterocycles. The van der Waals surface area contributed by atoms with Crippen LogP contribution in [0.15, 0.2) is 91.0 Å². The molecule has 0 aliphatic carbocycles. The van der Waals surface area contributed by atoms with Gasteiger partial charge in [0, 0.05) is 0 Å². The van der Waals surface area contributed by atoms with E-state index in [1.807, 2.05) is 7.05 Å². The van der Waals surface area contributed by atoms with Gasteiger partial charge >= 0.3 is 139 Å². The van der Waals surface area contributed by atoms with Gasteiger partial charge in [-0.25, -0.2) is 0 Å². The molecule has 0 bridgehead atoms. The molecule has 2 heteroatoms. The van der Waals surface area contributed by atoms with Crippen molar-refractivity contribution in [2.75, 3.05) is 19.8 Å². The van der Waals surface area contributed by atoms with Gasteiger partial charge in [0.05, 0.1) is 0 Å². The molecule has 0 unspecified atom stereocenters. The second-order valence-electron chi connectivity index (χ2n) is 5.86. The van der Waals surface area contributed by atoms with Crippen molar-refractivity contribution in [3.8, 4) is 0 Å². The van der Waals surface area contributed by atoms with Crippen LogP contribution >= 0.6 is 7.26 Å². The zero-order chi connectivity index (χ0) is 16.0. The summed E-state index contributed by atoms with van der Waals surface area (Å²) in [5, 5.41) is 7.80. The summed E-state index contributed by atoms with van der Waals surface area (Å²) >= 11 is 0. The third kappa shape index (κ3) is 3.22. The minimum atomic E-state index is -2.01. The fourth-order valence-corrected chi connectivity index (χ4v) is 8.19. The molecule has 0 heterocycles. The van der Waals surface area contributed by atoms with E-state index in [-0.39, 0.29) is 0 Å². The van der Waals surface area contributed by atoms with E-state index in [0.29, 0.717) is 0 Å². The molecule has 3 rings (SSSR count). The van der Waals surface area contributed by atoms with Crippen molar-refractivity contribution in [3.05, 3.63) is 91.0 Å². The number of nitrogens with one attached hydrogen (secondary N) is 1. The van der Waals surface area contributed by atoms with Crippen molar-refractivity contribution in [1.29, 1.82) is 0 Å². The van der Waals surface area contributed by atoms with Crippen LogP contribution in [0.5, 0.6) is 0 Å². The molecular weight excluding hydrogens is 297 g/mol. The molecule has 0 radical (unpaired) electrons. The van der Waals surface area contributed by atoms with E-state index in [2.05, 4.69) is 96.3 Å². The van der Waals surface area contributed by atoms with Crippen LogP contribution in [0.4, 0.5) is 0 Å². The minimum absolute atomic E-state index is 1.02. The van der Waals surface area contributed by atoms with E-state index in [9.17, 15) is 0 Å². The molecule has 118 valence electrons. The first kappa shape index (κ1) is 15.9. The van der Waals surface area contributed by atoms with Crippen molar-refractivity contribution < 1.29 is 0 Å². The van der Waals surface area contributed by atoms with E-state index in [0.717, 1.165) is 12.7 Å². The van der Waals surface area contributed by atoms with E-state index in [1.165, 1.54) is 15.9 Å². The number of hydrogen-bond acceptors (Lipinski definition) is 1. The molecule has 1 nitrogen and oxygen atoms in total. The molecule has 0 fully saturated rings. The van der Waals surface area contributed by atoms with Gasteiger partial charge in [-0.3, -0.25) is 0 Å². The Hall–Kier alpha value is -1.95. The van der Waals surface area contributed by atoms with Crippen LogP contribution in [0.3, 0.4) is 0 Å². The summed E-state index contributed by atoms with van der Waals surface area (Å²) in [5.41, 5.74) is 0. The number of rotatable bonds is 6. The Morgan fingerprint density at radius 1 is 0.609 bits per heavy atom. The Kier molecular flexibility index (Phi) is 5.23. The van der Waals surface area contributed by atoms with Crippen LogP contribution in [0, 0.1) is 0 Å². The van der Waals surface area contributed by atoms with Crippen molar-refractivity contribution in [1.82, 2.24) is 5.32 Å². The summed E-state index contributed by atoms with van der Waals surface area (Å²) in [6, 6.07) is 33.2. The van der Waals surface area contributed by atoms with E-state index >= 15 is 0 Å². The average Bonchev–Trinajstić information content (AvgIpc) is 2.65. The molecule has 0 saturated heterocycles. The van der Waals surface area contributed by atoms with Crippen LogP contribution < -0.4 is 21.2 Å². The van der Waals surface area contributed by atoms with Crippen molar-refractivity contribution in [2.24, 2.45) is 0 Å². The molecular formula is C21H24NP. The Morgan fingerprint density at radius 2 is 0.957 bits per heavy atom. The SMILES string of the molecule is CNCC[PH](c1ccccc1)(c1ccccc1)c1ccccc1. The van der Waals surface area contributed by atoms with Gasteiger partial charge in [-0.05, 0) is 0 Å². The number of hydrogen-bond donors (Lipinski definition) is 1. The van der Waals surface area contributed by atoms with Crippen molar-refractivity contribution in [2.45, 2.75) is 0 Å². The fraction of sp³-hybridized carbons (Fsp3) is 0.143. The first-order chi connectivity index (χ1) is 11.4. The molecule has 0 aliphatic rings. The van der Waals surface area contributed by atoms with E-state index < -0.39 is 7.26 Å². The van der Waals surface area contributed by atoms with Gasteiger partial charge in [-0.2, -0.15) is 0 Å². The summed E-state index contributed by atoms with van der Waals surface area (Å²) in [4.78, 5) is 0. The van der Waals surface area contributed by atoms with Gasteiger partial charge < -0.3 is 0 Å². The van der Waals surface area contributed by atoms with E-state index in [4.69, 9.17) is 0 Å². The number of benzene rings is 3. The van der Waals surface area contributed by atoms with E-state index in [1.54, 1.807) is 0 Å². The van der Waals surface area contributed by atoms with Gasteiger partial charge in [-0.15, -0.1) is 0 Å². The van der Waals surface area contributed by atoms with Gasteiger partial charge in [0.25, 0.3) is 0 Å². The summed E-state index contributed by atoms with van der Waals surface area (Å²) in [7, 11) is 0.0345. The first-order valence-corrected chi connectivity index (χ1v) is 10.4. The third-order valence-electron chi connectivity index (χ3n) is 4.55. The van der Waals surface area contributed by atoms with Crippen LogP contribution in [0.25, 0.3) is 0 Å². The third-order valence-corrected chi connectivity index (χ3v) is 9.51. The standard InChI is InChI=1S/C21H24NP/c1-22-17-18-23(19-11-5-2-6-12-19,20-13-7-3-8-14-20)21-15-9-4-10-16-21/h2-16,22-23H,17-18H2,1H3. The van der Waals surface area contributed by atoms with Crippen LogP contribution in [0.2, 0.25) is 0 Å². The van der Waals surface area contributed by atoms with Gasteiger partial charge in [0.2, 0.25) is 0 Å². The maximum atomic E-state index is 3.37. The zero-order valence-electron chi connectivity index (χ0n) is 13.6. The van der Waals surface area contributed by atoms with Gasteiger partial charge in [-0.1, -0.05) is 0 Å². The van der Waals surface area contributed by atoms with Crippen LogP contribution in [-0.2, 0) is 0 Å². The maximum absolute atomic E-state index is 3.37. The second-order valence-corrected chi connectivity index (χ2v) is 9.90. The predicted molar refractivity (Wildman–Crippen MR) is 105 cm³/mol. The molecule has 0 spiro atoms. The Bertz CT molecular complexity index is 614. The quantitative estimate of drug-likeness (QED) is 0.688. The molecule has 0 amide bonds. The molecule has 23 heavy (non-hydrogen) atoms. The topological polar surface area (TPSA) is 12.0 Å². The first-order valence-electron chi connectivity index (χ1n) is 8.19. The predicted octanol–water partition coefficient (Wildman–Crippen LogP) is 2.93. The summed E-state index contributed by atoms with van der Waals surface area (Å²) in [6.45, 7) is 1.02. The normalized spacial score (nSPS) is 12.0. The summed E-state index contributed by atoms with van der Waals surface area (Å²) in [5.74, 6) is 0. The zero-order valence-corrected chi connectivity index (χ0v) is 14.6. The summed E-state index contributed by atoms with van der Waals surface area (Å²) < 4.78 is 0. The average molecular weight is 321 g/mol. The Morgan fingerprint density at radius 3 is 1.26 bits per heavy atom. The van der Waals surface area contributed by atoms with Crippen molar-refractivity contribution >= 4 is 23.2 Å². The molecule has 3 aromatic rings. The molecule has 0 saturated carbocycles. The molecule has 0 aliphatic heterocycles. The van der Waals surface area contributed by atoms with Crippen LogP contribution in [-0.4, -0.2) is 19.8 Å². The van der Waals surface area contributed by atoms with Gasteiger partial charge in [0.15, 0.2) is 0 Å². The van der Waals surface area contributed by atoms with Crippen molar-refractivity contribution in [3.63, 3.8) is 0 Å². The van der Waals surface area contributed by atoms with Gasteiger partial charge in [0.1, 0.15) is 0 Å². The summed E-state index contributed by atoms with van der Waals surface area (Å²) in [6.07, 6.45) is 1.15. The molecule has 1 N–H and O–H groups in total. The monoisotopic (exact) mass is 321 g/mol. The molecule has 3 aromatic carbocycles. The fourth-order valence-electron chi connectivity index (χ4n) is 3.41. The second kappa shape index (κ2) is 7.55. The molecule has 0 atom stereocenters.